The van der Waals surface area contributed by atoms with Crippen LogP contribution in [0.4, 0.5) is 10.1 Å². The second kappa shape index (κ2) is 6.33. The topological polar surface area (TPSA) is 20.3 Å². The molecule has 0 heterocycles. The summed E-state index contributed by atoms with van der Waals surface area (Å²) in [6, 6.07) is 14.6. The Bertz CT molecular complexity index is 581. The lowest BCUT2D eigenvalue weighted by atomic mass is 10.1. The molecule has 0 amide bonds. The summed E-state index contributed by atoms with van der Waals surface area (Å²) in [6.45, 7) is 4.80. The van der Waals surface area contributed by atoms with Gasteiger partial charge in [-0.2, -0.15) is 0 Å². The van der Waals surface area contributed by atoms with Gasteiger partial charge in [-0.05, 0) is 37.6 Å². The highest BCUT2D eigenvalue weighted by atomic mass is 19.1. The fraction of sp³-hybridized carbons (Fsp3) is 0.235. The molecule has 0 fully saturated rings. The van der Waals surface area contributed by atoms with Crippen molar-refractivity contribution >= 4 is 12.0 Å². The van der Waals surface area contributed by atoms with Gasteiger partial charge in [0.25, 0.3) is 0 Å². The number of carbonyl (C=O) groups excluding carboxylic acids is 1. The average molecular weight is 271 g/mol. The predicted octanol–water partition coefficient (Wildman–Crippen LogP) is 4.05. The van der Waals surface area contributed by atoms with Crippen molar-refractivity contribution in [2.75, 3.05) is 4.90 Å². The van der Waals surface area contributed by atoms with Gasteiger partial charge in [0, 0.05) is 23.8 Å². The first-order valence-electron chi connectivity index (χ1n) is 6.67. The van der Waals surface area contributed by atoms with Crippen LogP contribution in [0.2, 0.25) is 0 Å². The lowest BCUT2D eigenvalue weighted by molar-refractivity contribution is 0.112. The van der Waals surface area contributed by atoms with E-state index in [1.165, 1.54) is 12.1 Å². The number of nitrogens with zero attached hydrogens (tertiary/aromatic N) is 1. The van der Waals surface area contributed by atoms with Crippen LogP contribution < -0.4 is 4.90 Å². The molecule has 0 saturated carbocycles. The highest BCUT2D eigenvalue weighted by molar-refractivity contribution is 5.84. The van der Waals surface area contributed by atoms with Gasteiger partial charge in [-0.25, -0.2) is 4.39 Å². The van der Waals surface area contributed by atoms with Gasteiger partial charge >= 0.3 is 0 Å². The summed E-state index contributed by atoms with van der Waals surface area (Å²) < 4.78 is 13.2. The van der Waals surface area contributed by atoms with E-state index in [0.717, 1.165) is 11.3 Å². The van der Waals surface area contributed by atoms with E-state index in [2.05, 4.69) is 18.7 Å². The fourth-order valence-electron chi connectivity index (χ4n) is 2.21. The molecule has 0 spiro atoms. The third-order valence-corrected chi connectivity index (χ3v) is 3.25. The largest absolute Gasteiger partial charge is 0.364 e. The Hall–Kier alpha value is -2.16. The predicted molar refractivity (Wildman–Crippen MR) is 79.5 cm³/mol. The van der Waals surface area contributed by atoms with Crippen LogP contribution in [-0.2, 0) is 6.54 Å². The van der Waals surface area contributed by atoms with Crippen molar-refractivity contribution < 1.29 is 9.18 Å². The first-order valence-corrected chi connectivity index (χ1v) is 6.67. The molecule has 0 N–H and O–H groups in total. The summed E-state index contributed by atoms with van der Waals surface area (Å²) in [5, 5.41) is 0. The second-order valence-corrected chi connectivity index (χ2v) is 5.03. The molecule has 2 rings (SSSR count). The number of benzene rings is 2. The van der Waals surface area contributed by atoms with E-state index < -0.39 is 0 Å². The second-order valence-electron chi connectivity index (χ2n) is 5.03. The number of hydrogen-bond donors (Lipinski definition) is 0. The minimum absolute atomic E-state index is 0.208. The van der Waals surface area contributed by atoms with E-state index in [1.54, 1.807) is 6.07 Å². The highest BCUT2D eigenvalue weighted by Gasteiger charge is 2.15. The van der Waals surface area contributed by atoms with E-state index in [1.807, 2.05) is 30.3 Å². The zero-order valence-corrected chi connectivity index (χ0v) is 11.7. The number of aldehydes is 1. The van der Waals surface area contributed by atoms with Crippen LogP contribution in [0.25, 0.3) is 0 Å². The van der Waals surface area contributed by atoms with Crippen molar-refractivity contribution in [3.8, 4) is 0 Å². The molecule has 0 atom stereocenters. The molecule has 0 saturated heterocycles. The molecule has 2 nitrogen and oxygen atoms in total. The molecule has 0 aliphatic rings. The van der Waals surface area contributed by atoms with Gasteiger partial charge in [-0.15, -0.1) is 0 Å². The Labute approximate surface area is 118 Å². The Balaban J connectivity index is 2.36. The lowest BCUT2D eigenvalue weighted by Gasteiger charge is -2.30. The molecular weight excluding hydrogens is 253 g/mol. The van der Waals surface area contributed by atoms with Gasteiger partial charge in [-0.1, -0.05) is 30.3 Å². The normalized spacial score (nSPS) is 10.6. The molecule has 20 heavy (non-hydrogen) atoms. The van der Waals surface area contributed by atoms with Crippen molar-refractivity contribution in [1.82, 2.24) is 0 Å². The fourth-order valence-corrected chi connectivity index (χ4v) is 2.21. The lowest BCUT2D eigenvalue weighted by Crippen LogP contribution is -2.31. The van der Waals surface area contributed by atoms with Gasteiger partial charge in [0.05, 0.1) is 0 Å². The molecule has 0 aromatic heterocycles. The SMILES string of the molecule is CC(C)N(Cc1ccccc1)c1ccc(F)cc1C=O. The Morgan fingerprint density at radius 1 is 1.15 bits per heavy atom. The first kappa shape index (κ1) is 14.3. The Morgan fingerprint density at radius 2 is 1.85 bits per heavy atom. The summed E-state index contributed by atoms with van der Waals surface area (Å²) in [6.07, 6.45) is 0.707. The minimum Gasteiger partial charge on any atom is -0.364 e. The molecule has 0 bridgehead atoms. The van der Waals surface area contributed by atoms with Gasteiger partial charge < -0.3 is 4.90 Å². The zero-order chi connectivity index (χ0) is 14.5. The molecular formula is C17H18FNO. The monoisotopic (exact) mass is 271 g/mol. The van der Waals surface area contributed by atoms with E-state index in [0.29, 0.717) is 18.4 Å². The Morgan fingerprint density at radius 3 is 2.45 bits per heavy atom. The molecule has 2 aromatic rings. The molecule has 104 valence electrons. The van der Waals surface area contributed by atoms with Crippen LogP contribution in [0, 0.1) is 5.82 Å². The number of halogens is 1. The minimum atomic E-state index is -0.390. The summed E-state index contributed by atoms with van der Waals surface area (Å²) in [4.78, 5) is 13.3. The van der Waals surface area contributed by atoms with Gasteiger partial charge in [0.2, 0.25) is 0 Å². The van der Waals surface area contributed by atoms with Crippen molar-refractivity contribution in [3.63, 3.8) is 0 Å². The van der Waals surface area contributed by atoms with E-state index in [9.17, 15) is 9.18 Å². The van der Waals surface area contributed by atoms with Crippen LogP contribution in [0.5, 0.6) is 0 Å². The van der Waals surface area contributed by atoms with Crippen molar-refractivity contribution in [3.05, 3.63) is 65.5 Å². The smallest absolute Gasteiger partial charge is 0.152 e. The molecule has 3 heteroatoms. The first-order chi connectivity index (χ1) is 9.61. The third-order valence-electron chi connectivity index (χ3n) is 3.25. The van der Waals surface area contributed by atoms with Gasteiger partial charge in [-0.3, -0.25) is 4.79 Å². The van der Waals surface area contributed by atoms with Crippen molar-refractivity contribution in [2.45, 2.75) is 26.4 Å². The van der Waals surface area contributed by atoms with Crippen molar-refractivity contribution in [1.29, 1.82) is 0 Å². The molecule has 0 aliphatic heterocycles. The zero-order valence-electron chi connectivity index (χ0n) is 11.7. The summed E-state index contributed by atoms with van der Waals surface area (Å²) >= 11 is 0. The Kier molecular flexibility index (Phi) is 4.51. The van der Waals surface area contributed by atoms with E-state index in [-0.39, 0.29) is 11.9 Å². The molecule has 0 radical (unpaired) electrons. The maximum atomic E-state index is 13.2. The van der Waals surface area contributed by atoms with Crippen LogP contribution in [0.1, 0.15) is 29.8 Å². The van der Waals surface area contributed by atoms with Crippen LogP contribution in [-0.4, -0.2) is 12.3 Å². The highest BCUT2D eigenvalue weighted by Crippen LogP contribution is 2.24. The maximum Gasteiger partial charge on any atom is 0.152 e. The maximum absolute atomic E-state index is 13.2. The number of rotatable bonds is 5. The molecule has 0 unspecified atom stereocenters. The summed E-state index contributed by atoms with van der Waals surface area (Å²) in [7, 11) is 0. The van der Waals surface area contributed by atoms with E-state index >= 15 is 0 Å². The summed E-state index contributed by atoms with van der Waals surface area (Å²) in [5.41, 5.74) is 2.30. The number of anilines is 1. The van der Waals surface area contributed by atoms with Crippen LogP contribution >= 0.6 is 0 Å². The van der Waals surface area contributed by atoms with E-state index in [4.69, 9.17) is 0 Å². The van der Waals surface area contributed by atoms with Crippen molar-refractivity contribution in [2.24, 2.45) is 0 Å². The quantitative estimate of drug-likeness (QED) is 0.764. The van der Waals surface area contributed by atoms with Crippen LogP contribution in [0.3, 0.4) is 0 Å². The average Bonchev–Trinajstić information content (AvgIpc) is 2.46. The summed E-state index contributed by atoms with van der Waals surface area (Å²) in [5.74, 6) is -0.390. The molecule has 0 aliphatic carbocycles. The number of carbonyl (C=O) groups is 1. The van der Waals surface area contributed by atoms with Crippen LogP contribution in [0.15, 0.2) is 48.5 Å². The third kappa shape index (κ3) is 3.23. The molecule has 2 aromatic carbocycles. The van der Waals surface area contributed by atoms with Gasteiger partial charge in [0.1, 0.15) is 5.82 Å². The number of hydrogen-bond acceptors (Lipinski definition) is 2. The standard InChI is InChI=1S/C17H18FNO/c1-13(2)19(11-14-6-4-3-5-7-14)17-9-8-16(18)10-15(17)12-20/h3-10,12-13H,11H2,1-2H3. The van der Waals surface area contributed by atoms with Gasteiger partial charge in [0.15, 0.2) is 6.29 Å².